The number of aromatic nitrogens is 2. The lowest BCUT2D eigenvalue weighted by atomic mass is 10.5. The fourth-order valence-corrected chi connectivity index (χ4v) is 3.68. The Labute approximate surface area is 101 Å². The number of carboxylic acid groups (broad SMARTS) is 1. The van der Waals surface area contributed by atoms with Crippen LogP contribution in [0.5, 0.6) is 0 Å². The van der Waals surface area contributed by atoms with Crippen molar-refractivity contribution in [3.63, 3.8) is 0 Å². The Hall–Kier alpha value is -1.54. The van der Waals surface area contributed by atoms with Crippen molar-refractivity contribution < 1.29 is 18.3 Å². The number of hydrogen-bond donors (Lipinski definition) is 1. The van der Waals surface area contributed by atoms with Crippen LogP contribution in [0.4, 0.5) is 0 Å². The second kappa shape index (κ2) is 4.38. The molecule has 2 aromatic heterocycles. The molecule has 0 amide bonds. The van der Waals surface area contributed by atoms with Gasteiger partial charge in [0.1, 0.15) is 10.3 Å². The Morgan fingerprint density at radius 3 is 2.88 bits per heavy atom. The summed E-state index contributed by atoms with van der Waals surface area (Å²) in [6, 6.07) is 3.32. The number of fused-ring (bicyclic) bond motifs is 1. The van der Waals surface area contributed by atoms with E-state index in [1.54, 1.807) is 18.3 Å². The van der Waals surface area contributed by atoms with Crippen LogP contribution in [0.2, 0.25) is 0 Å². The third kappa shape index (κ3) is 2.59. The van der Waals surface area contributed by atoms with Crippen LogP contribution in [-0.4, -0.2) is 35.2 Å². The van der Waals surface area contributed by atoms with Crippen molar-refractivity contribution in [3.05, 3.63) is 18.3 Å². The molecular weight excluding hydrogens is 264 g/mol. The second-order valence-corrected chi connectivity index (χ2v) is 6.53. The van der Waals surface area contributed by atoms with Gasteiger partial charge < -0.3 is 5.11 Å². The zero-order chi connectivity index (χ0) is 12.5. The van der Waals surface area contributed by atoms with Crippen molar-refractivity contribution in [1.29, 1.82) is 0 Å². The number of sulfone groups is 1. The minimum atomic E-state index is -3.63. The first-order valence-corrected chi connectivity index (χ1v) is 7.12. The lowest BCUT2D eigenvalue weighted by Crippen LogP contribution is -2.10. The minimum absolute atomic E-state index is 0.0764. The number of carbonyl (C=O) groups is 1. The highest BCUT2D eigenvalue weighted by atomic mass is 32.2. The molecule has 2 heterocycles. The molecule has 2 rings (SSSR count). The third-order valence-corrected chi connectivity index (χ3v) is 5.15. The first-order chi connectivity index (χ1) is 7.99. The van der Waals surface area contributed by atoms with E-state index >= 15 is 0 Å². The van der Waals surface area contributed by atoms with Crippen LogP contribution in [0.25, 0.3) is 10.3 Å². The number of hydrogen-bond acceptors (Lipinski definition) is 6. The summed E-state index contributed by atoms with van der Waals surface area (Å²) in [4.78, 5) is 18.8. The van der Waals surface area contributed by atoms with Crippen LogP contribution >= 0.6 is 11.3 Å². The molecule has 0 saturated heterocycles. The van der Waals surface area contributed by atoms with Gasteiger partial charge in [-0.05, 0) is 12.1 Å². The number of rotatable bonds is 4. The topological polar surface area (TPSA) is 97.2 Å². The highest BCUT2D eigenvalue weighted by molar-refractivity contribution is 7.93. The standard InChI is InChI=1S/C9H8N2O4S2/c12-7(13)3-5-17(14,15)9-11-6-2-1-4-10-8(6)16-9/h1-2,4H,3,5H2,(H,12,13). The van der Waals surface area contributed by atoms with Gasteiger partial charge in [-0.1, -0.05) is 11.3 Å². The summed E-state index contributed by atoms with van der Waals surface area (Å²) in [6.45, 7) is 0. The van der Waals surface area contributed by atoms with Gasteiger partial charge in [-0.15, -0.1) is 0 Å². The maximum atomic E-state index is 11.8. The summed E-state index contributed by atoms with van der Waals surface area (Å²) >= 11 is 0.953. The first-order valence-electron chi connectivity index (χ1n) is 4.65. The number of carboxylic acids is 1. The molecule has 0 aromatic carbocycles. The van der Waals surface area contributed by atoms with E-state index in [2.05, 4.69) is 9.97 Å². The quantitative estimate of drug-likeness (QED) is 0.889. The molecule has 0 spiro atoms. The van der Waals surface area contributed by atoms with Crippen molar-refractivity contribution in [2.24, 2.45) is 0 Å². The van der Waals surface area contributed by atoms with E-state index in [4.69, 9.17) is 5.11 Å². The van der Waals surface area contributed by atoms with Gasteiger partial charge in [0.2, 0.25) is 14.2 Å². The Morgan fingerprint density at radius 2 is 2.24 bits per heavy atom. The summed E-state index contributed by atoms with van der Waals surface area (Å²) in [7, 11) is -3.63. The largest absolute Gasteiger partial charge is 0.481 e. The van der Waals surface area contributed by atoms with Crippen molar-refractivity contribution in [3.8, 4) is 0 Å². The molecule has 0 saturated carbocycles. The third-order valence-electron chi connectivity index (χ3n) is 2.00. The van der Waals surface area contributed by atoms with E-state index in [-0.39, 0.29) is 4.34 Å². The number of pyridine rings is 1. The normalized spacial score (nSPS) is 11.8. The average Bonchev–Trinajstić information content (AvgIpc) is 2.71. The molecule has 6 nitrogen and oxygen atoms in total. The molecule has 0 aliphatic carbocycles. The van der Waals surface area contributed by atoms with E-state index in [1.165, 1.54) is 0 Å². The van der Waals surface area contributed by atoms with Crippen LogP contribution in [0.15, 0.2) is 22.7 Å². The molecule has 0 radical (unpaired) electrons. The van der Waals surface area contributed by atoms with Crippen molar-refractivity contribution in [1.82, 2.24) is 9.97 Å². The maximum absolute atomic E-state index is 11.8. The van der Waals surface area contributed by atoms with Crippen molar-refractivity contribution >= 4 is 37.5 Å². The van der Waals surface area contributed by atoms with Crippen molar-refractivity contribution in [2.45, 2.75) is 10.8 Å². The average molecular weight is 272 g/mol. The smallest absolute Gasteiger partial charge is 0.304 e. The Kier molecular flexibility index (Phi) is 3.07. The van der Waals surface area contributed by atoms with E-state index in [0.717, 1.165) is 11.3 Å². The number of thiazole rings is 1. The number of nitrogens with zero attached hydrogens (tertiary/aromatic N) is 2. The van der Waals surface area contributed by atoms with E-state index < -0.39 is 28.0 Å². The summed E-state index contributed by atoms with van der Waals surface area (Å²) in [5.41, 5.74) is 0.506. The van der Waals surface area contributed by atoms with Crippen LogP contribution in [0.1, 0.15) is 6.42 Å². The Bertz CT molecular complexity index is 629. The van der Waals surface area contributed by atoms with Crippen LogP contribution in [-0.2, 0) is 14.6 Å². The van der Waals surface area contributed by atoms with Gasteiger partial charge in [-0.25, -0.2) is 18.4 Å². The van der Waals surface area contributed by atoms with Crippen LogP contribution in [0, 0.1) is 0 Å². The Morgan fingerprint density at radius 1 is 1.47 bits per heavy atom. The highest BCUT2D eigenvalue weighted by Crippen LogP contribution is 2.24. The molecule has 0 fully saturated rings. The van der Waals surface area contributed by atoms with Gasteiger partial charge in [-0.3, -0.25) is 4.79 Å². The van der Waals surface area contributed by atoms with Crippen LogP contribution in [0.3, 0.4) is 0 Å². The molecule has 0 aliphatic rings. The molecule has 8 heteroatoms. The SMILES string of the molecule is O=C(O)CCS(=O)(=O)c1nc2cccnc2s1. The lowest BCUT2D eigenvalue weighted by molar-refractivity contribution is -0.136. The zero-order valence-corrected chi connectivity index (χ0v) is 10.2. The van der Waals surface area contributed by atoms with Crippen LogP contribution < -0.4 is 0 Å². The molecule has 0 aliphatic heterocycles. The number of aliphatic carboxylic acids is 1. The second-order valence-electron chi connectivity index (χ2n) is 3.27. The van der Waals surface area contributed by atoms with Gasteiger partial charge in [0.05, 0.1) is 12.2 Å². The zero-order valence-electron chi connectivity index (χ0n) is 8.53. The predicted octanol–water partition coefficient (Wildman–Crippen LogP) is 0.940. The molecule has 0 unspecified atom stereocenters. The fraction of sp³-hybridized carbons (Fsp3) is 0.222. The molecule has 17 heavy (non-hydrogen) atoms. The highest BCUT2D eigenvalue weighted by Gasteiger charge is 2.21. The monoisotopic (exact) mass is 272 g/mol. The van der Waals surface area contributed by atoms with Gasteiger partial charge in [0.25, 0.3) is 0 Å². The molecule has 2 aromatic rings. The van der Waals surface area contributed by atoms with Crippen molar-refractivity contribution in [2.75, 3.05) is 5.75 Å². The summed E-state index contributed by atoms with van der Waals surface area (Å²) in [6.07, 6.45) is 1.12. The van der Waals surface area contributed by atoms with Gasteiger partial charge in [0.15, 0.2) is 0 Å². The maximum Gasteiger partial charge on any atom is 0.304 e. The lowest BCUT2D eigenvalue weighted by Gasteiger charge is -1.96. The fourth-order valence-electron chi connectivity index (χ4n) is 1.19. The van der Waals surface area contributed by atoms with E-state index in [0.29, 0.717) is 10.3 Å². The summed E-state index contributed by atoms with van der Waals surface area (Å²) in [5, 5.41) is 8.47. The molecule has 0 bridgehead atoms. The molecule has 0 atom stereocenters. The van der Waals surface area contributed by atoms with Gasteiger partial charge >= 0.3 is 5.97 Å². The van der Waals surface area contributed by atoms with Gasteiger partial charge in [0, 0.05) is 6.20 Å². The van der Waals surface area contributed by atoms with Gasteiger partial charge in [-0.2, -0.15) is 0 Å². The first kappa shape index (κ1) is 11.9. The summed E-state index contributed by atoms with van der Waals surface area (Å²) < 4.78 is 23.4. The molecule has 1 N–H and O–H groups in total. The summed E-state index contributed by atoms with van der Waals surface area (Å²) in [5.74, 6) is -1.59. The predicted molar refractivity (Wildman–Crippen MR) is 61.7 cm³/mol. The Balaban J connectivity index is 2.35. The van der Waals surface area contributed by atoms with E-state index in [1.807, 2.05) is 0 Å². The molecular formula is C9H8N2O4S2. The minimum Gasteiger partial charge on any atom is -0.481 e. The molecule has 90 valence electrons. The van der Waals surface area contributed by atoms with E-state index in [9.17, 15) is 13.2 Å².